The Balaban J connectivity index is 2.71. The van der Waals surface area contributed by atoms with Crippen LogP contribution in [0.2, 0.25) is 0 Å². The smallest absolute Gasteiger partial charge is 0.317 e. The Bertz CT molecular complexity index is 418. The van der Waals surface area contributed by atoms with Gasteiger partial charge in [0.1, 0.15) is 11.6 Å². The van der Waals surface area contributed by atoms with Crippen LogP contribution in [0, 0.1) is 11.6 Å². The Labute approximate surface area is 111 Å². The summed E-state index contributed by atoms with van der Waals surface area (Å²) in [5, 5.41) is 8.83. The Morgan fingerprint density at radius 2 is 1.74 bits per heavy atom. The topological polar surface area (TPSA) is 43.8 Å². The van der Waals surface area contributed by atoms with Crippen molar-refractivity contribution in [2.24, 2.45) is 0 Å². The van der Waals surface area contributed by atoms with Gasteiger partial charge in [-0.2, -0.15) is 0 Å². The minimum Gasteiger partial charge on any atom is -0.480 e. The summed E-state index contributed by atoms with van der Waals surface area (Å²) < 4.78 is 26.1. The van der Waals surface area contributed by atoms with Gasteiger partial charge in [0.25, 0.3) is 0 Å². The minimum atomic E-state index is -0.962. The van der Waals surface area contributed by atoms with Gasteiger partial charge in [-0.15, -0.1) is 0 Å². The monoisotopic (exact) mass is 272 g/mol. The van der Waals surface area contributed by atoms with Gasteiger partial charge in [-0.05, 0) is 31.8 Å². The Kier molecular flexibility index (Phi) is 5.85. The molecule has 106 valence electrons. The van der Waals surface area contributed by atoms with Gasteiger partial charge in [-0.1, -0.05) is 0 Å². The van der Waals surface area contributed by atoms with Gasteiger partial charge in [0, 0.05) is 25.7 Å². The zero-order valence-electron chi connectivity index (χ0n) is 11.1. The van der Waals surface area contributed by atoms with E-state index in [1.807, 2.05) is 19.0 Å². The van der Waals surface area contributed by atoms with Crippen LogP contribution in [0.4, 0.5) is 8.78 Å². The molecule has 19 heavy (non-hydrogen) atoms. The lowest BCUT2D eigenvalue weighted by atomic mass is 10.2. The third kappa shape index (κ3) is 6.26. The van der Waals surface area contributed by atoms with E-state index >= 15 is 0 Å². The SMILES string of the molecule is CN(C)CCN(CC(=O)O)Cc1cc(F)cc(F)c1. The fourth-order valence-electron chi connectivity index (χ4n) is 1.71. The van der Waals surface area contributed by atoms with Crippen molar-refractivity contribution in [1.82, 2.24) is 9.80 Å². The Morgan fingerprint density at radius 1 is 1.16 bits per heavy atom. The van der Waals surface area contributed by atoms with Crippen molar-refractivity contribution in [1.29, 1.82) is 0 Å². The van der Waals surface area contributed by atoms with E-state index in [4.69, 9.17) is 5.11 Å². The highest BCUT2D eigenvalue weighted by Crippen LogP contribution is 2.10. The molecule has 0 saturated heterocycles. The number of halogens is 2. The second kappa shape index (κ2) is 7.16. The van der Waals surface area contributed by atoms with Crippen LogP contribution in [0.5, 0.6) is 0 Å². The van der Waals surface area contributed by atoms with Gasteiger partial charge in [-0.25, -0.2) is 8.78 Å². The summed E-state index contributed by atoms with van der Waals surface area (Å²) in [7, 11) is 3.75. The van der Waals surface area contributed by atoms with Crippen molar-refractivity contribution < 1.29 is 18.7 Å². The maximum atomic E-state index is 13.1. The number of hydrogen-bond donors (Lipinski definition) is 1. The second-order valence-corrected chi connectivity index (χ2v) is 4.69. The average Bonchev–Trinajstić information content (AvgIpc) is 2.23. The first-order chi connectivity index (χ1) is 8.86. The van der Waals surface area contributed by atoms with Gasteiger partial charge in [0.15, 0.2) is 0 Å². The van der Waals surface area contributed by atoms with Crippen LogP contribution >= 0.6 is 0 Å². The number of rotatable bonds is 7. The lowest BCUT2D eigenvalue weighted by Crippen LogP contribution is -2.35. The molecule has 0 aliphatic carbocycles. The van der Waals surface area contributed by atoms with E-state index < -0.39 is 17.6 Å². The highest BCUT2D eigenvalue weighted by molar-refractivity contribution is 5.69. The summed E-state index contributed by atoms with van der Waals surface area (Å²) in [5.41, 5.74) is 0.428. The molecule has 1 rings (SSSR count). The number of carbonyl (C=O) groups is 1. The Hall–Kier alpha value is -1.53. The molecule has 1 aromatic rings. The molecule has 0 unspecified atom stereocenters. The van der Waals surface area contributed by atoms with Crippen LogP contribution in [0.15, 0.2) is 18.2 Å². The third-order valence-corrected chi connectivity index (χ3v) is 2.55. The Morgan fingerprint density at radius 3 is 2.21 bits per heavy atom. The fourth-order valence-corrected chi connectivity index (χ4v) is 1.71. The number of aliphatic carboxylic acids is 1. The zero-order chi connectivity index (χ0) is 14.4. The number of carboxylic acid groups (broad SMARTS) is 1. The quantitative estimate of drug-likeness (QED) is 0.815. The molecule has 0 aliphatic heterocycles. The summed E-state index contributed by atoms with van der Waals surface area (Å²) in [4.78, 5) is 14.3. The molecule has 1 aromatic carbocycles. The predicted molar refractivity (Wildman–Crippen MR) is 67.8 cm³/mol. The molecule has 0 aliphatic rings. The van der Waals surface area contributed by atoms with E-state index in [2.05, 4.69) is 0 Å². The van der Waals surface area contributed by atoms with Crippen molar-refractivity contribution in [3.63, 3.8) is 0 Å². The first kappa shape index (κ1) is 15.5. The highest BCUT2D eigenvalue weighted by atomic mass is 19.1. The fraction of sp³-hybridized carbons (Fsp3) is 0.462. The summed E-state index contributed by atoms with van der Waals surface area (Å²) in [6.07, 6.45) is 0. The number of likely N-dealkylation sites (N-methyl/N-ethyl adjacent to an activating group) is 1. The molecule has 0 amide bonds. The van der Waals surface area contributed by atoms with Crippen LogP contribution in [0.3, 0.4) is 0 Å². The van der Waals surface area contributed by atoms with E-state index in [9.17, 15) is 13.6 Å². The number of hydrogen-bond acceptors (Lipinski definition) is 3. The van der Waals surface area contributed by atoms with Gasteiger partial charge < -0.3 is 10.0 Å². The van der Waals surface area contributed by atoms with E-state index in [-0.39, 0.29) is 13.1 Å². The minimum absolute atomic E-state index is 0.161. The van der Waals surface area contributed by atoms with Crippen LogP contribution in [0.1, 0.15) is 5.56 Å². The largest absolute Gasteiger partial charge is 0.480 e. The predicted octanol–water partition coefficient (Wildman–Crippen LogP) is 1.41. The lowest BCUT2D eigenvalue weighted by molar-refractivity contribution is -0.138. The molecule has 4 nitrogen and oxygen atoms in total. The van der Waals surface area contributed by atoms with E-state index in [1.165, 1.54) is 12.1 Å². The summed E-state index contributed by atoms with van der Waals surface area (Å²) in [6.45, 7) is 1.23. The molecule has 0 radical (unpaired) electrons. The van der Waals surface area contributed by atoms with Crippen molar-refractivity contribution in [2.75, 3.05) is 33.7 Å². The first-order valence-corrected chi connectivity index (χ1v) is 5.90. The standard InChI is InChI=1S/C13H18F2N2O2/c1-16(2)3-4-17(9-13(18)19)8-10-5-11(14)7-12(15)6-10/h5-7H,3-4,8-9H2,1-2H3,(H,18,19). The lowest BCUT2D eigenvalue weighted by Gasteiger charge is -2.22. The van der Waals surface area contributed by atoms with Gasteiger partial charge in [-0.3, -0.25) is 9.69 Å². The van der Waals surface area contributed by atoms with Crippen LogP contribution < -0.4 is 0 Å². The normalized spacial score (nSPS) is 11.3. The van der Waals surface area contributed by atoms with E-state index in [0.29, 0.717) is 18.7 Å². The molecular weight excluding hydrogens is 254 g/mol. The number of carboxylic acids is 1. The van der Waals surface area contributed by atoms with E-state index in [1.54, 1.807) is 4.90 Å². The molecule has 0 spiro atoms. The molecule has 6 heteroatoms. The number of nitrogens with zero attached hydrogens (tertiary/aromatic N) is 2. The van der Waals surface area contributed by atoms with Crippen LogP contribution in [0.25, 0.3) is 0 Å². The highest BCUT2D eigenvalue weighted by Gasteiger charge is 2.12. The molecule has 0 aromatic heterocycles. The average molecular weight is 272 g/mol. The molecule has 1 N–H and O–H groups in total. The van der Waals surface area contributed by atoms with Crippen LogP contribution in [-0.2, 0) is 11.3 Å². The summed E-state index contributed by atoms with van der Waals surface area (Å²) in [5.74, 6) is -2.27. The van der Waals surface area contributed by atoms with Gasteiger partial charge in [0.2, 0.25) is 0 Å². The van der Waals surface area contributed by atoms with Crippen LogP contribution in [-0.4, -0.2) is 54.6 Å². The second-order valence-electron chi connectivity index (χ2n) is 4.69. The first-order valence-electron chi connectivity index (χ1n) is 5.90. The molecule has 0 fully saturated rings. The van der Waals surface area contributed by atoms with E-state index in [0.717, 1.165) is 6.07 Å². The number of benzene rings is 1. The summed E-state index contributed by atoms with van der Waals surface area (Å²) in [6, 6.07) is 3.23. The van der Waals surface area contributed by atoms with Crippen molar-refractivity contribution >= 4 is 5.97 Å². The molecule has 0 atom stereocenters. The molecule has 0 heterocycles. The van der Waals surface area contributed by atoms with Crippen molar-refractivity contribution in [3.05, 3.63) is 35.4 Å². The third-order valence-electron chi connectivity index (χ3n) is 2.55. The maximum absolute atomic E-state index is 13.1. The molecular formula is C13H18F2N2O2. The van der Waals surface area contributed by atoms with Gasteiger partial charge in [0.05, 0.1) is 6.54 Å². The summed E-state index contributed by atoms with van der Waals surface area (Å²) >= 11 is 0. The molecule has 0 saturated carbocycles. The zero-order valence-corrected chi connectivity index (χ0v) is 11.1. The maximum Gasteiger partial charge on any atom is 0.317 e. The van der Waals surface area contributed by atoms with Crippen molar-refractivity contribution in [2.45, 2.75) is 6.54 Å². The van der Waals surface area contributed by atoms with Gasteiger partial charge >= 0.3 is 5.97 Å². The van der Waals surface area contributed by atoms with Crippen molar-refractivity contribution in [3.8, 4) is 0 Å². The molecule has 0 bridgehead atoms.